The van der Waals surface area contributed by atoms with Crippen LogP contribution < -0.4 is 0 Å². The summed E-state index contributed by atoms with van der Waals surface area (Å²) in [5.74, 6) is 1.69. The standard InChI is InChI=1S/C40H34N8/c1-3-37-43-48-39(29(2)27-41-48)46(37)28-30-23-25-31(26-24-30)35-21-13-14-22-36(35)38-42-44-45-47(38)40(32-15-7-4-8-16-32,33-17-9-5-10-18-33)34-19-11-6-12-20-34/h4-27H,3,28H2,1-2H3. The molecule has 3 aromatic heterocycles. The number of nitrogens with zero attached hydrogens (tertiary/aromatic N) is 8. The number of aryl methyl sites for hydroxylation is 2. The summed E-state index contributed by atoms with van der Waals surface area (Å²) in [7, 11) is 0. The van der Waals surface area contributed by atoms with Crippen LogP contribution in [0, 0.1) is 6.92 Å². The molecule has 0 aliphatic carbocycles. The Bertz CT molecular complexity index is 2200. The van der Waals surface area contributed by atoms with E-state index in [0.717, 1.165) is 56.8 Å². The first kappa shape index (κ1) is 29.3. The maximum atomic E-state index is 4.77. The van der Waals surface area contributed by atoms with E-state index in [1.807, 2.05) is 35.1 Å². The molecule has 0 saturated carbocycles. The van der Waals surface area contributed by atoms with Crippen LogP contribution in [0.25, 0.3) is 28.2 Å². The van der Waals surface area contributed by atoms with Gasteiger partial charge in [-0.25, -0.2) is 4.68 Å². The fourth-order valence-corrected chi connectivity index (χ4v) is 6.91. The van der Waals surface area contributed by atoms with Crippen molar-refractivity contribution in [3.63, 3.8) is 0 Å². The van der Waals surface area contributed by atoms with E-state index in [1.165, 1.54) is 5.56 Å². The normalized spacial score (nSPS) is 11.7. The van der Waals surface area contributed by atoms with Crippen molar-refractivity contribution < 1.29 is 0 Å². The van der Waals surface area contributed by atoms with Crippen LogP contribution in [0.4, 0.5) is 0 Å². The van der Waals surface area contributed by atoms with Gasteiger partial charge in [0.15, 0.2) is 11.5 Å². The molecule has 0 aliphatic heterocycles. The zero-order chi connectivity index (χ0) is 32.5. The average molecular weight is 627 g/mol. The van der Waals surface area contributed by atoms with Gasteiger partial charge >= 0.3 is 0 Å². The minimum atomic E-state index is -0.835. The van der Waals surface area contributed by atoms with Gasteiger partial charge in [-0.1, -0.05) is 146 Å². The van der Waals surface area contributed by atoms with Crippen molar-refractivity contribution in [1.82, 2.24) is 39.6 Å². The molecule has 0 bridgehead atoms. The molecular formula is C40H34N8. The summed E-state index contributed by atoms with van der Waals surface area (Å²) in [6.07, 6.45) is 2.70. The Morgan fingerprint density at radius 2 is 1.21 bits per heavy atom. The summed E-state index contributed by atoms with van der Waals surface area (Å²) in [5.41, 5.74) is 8.77. The maximum absolute atomic E-state index is 4.77. The first-order valence-corrected chi connectivity index (χ1v) is 16.2. The van der Waals surface area contributed by atoms with Crippen LogP contribution in [-0.4, -0.2) is 39.6 Å². The van der Waals surface area contributed by atoms with Gasteiger partial charge in [0.25, 0.3) is 0 Å². The highest BCUT2D eigenvalue weighted by atomic mass is 15.6. The predicted octanol–water partition coefficient (Wildman–Crippen LogP) is 7.61. The molecular weight excluding hydrogens is 592 g/mol. The van der Waals surface area contributed by atoms with Crippen LogP contribution in [0.2, 0.25) is 0 Å². The number of aromatic nitrogens is 8. The monoisotopic (exact) mass is 626 g/mol. The van der Waals surface area contributed by atoms with Crippen LogP contribution in [0.5, 0.6) is 0 Å². The second kappa shape index (κ2) is 12.2. The fourth-order valence-electron chi connectivity index (χ4n) is 6.91. The highest BCUT2D eigenvalue weighted by Gasteiger charge is 2.42. The molecule has 3 heterocycles. The largest absolute Gasteiger partial charge is 0.307 e. The van der Waals surface area contributed by atoms with E-state index in [2.05, 4.69) is 144 Å². The van der Waals surface area contributed by atoms with Crippen molar-refractivity contribution in [1.29, 1.82) is 0 Å². The molecule has 0 unspecified atom stereocenters. The molecule has 0 N–H and O–H groups in total. The van der Waals surface area contributed by atoms with Gasteiger partial charge in [-0.3, -0.25) is 0 Å². The topological polar surface area (TPSA) is 78.7 Å². The van der Waals surface area contributed by atoms with E-state index in [-0.39, 0.29) is 0 Å². The summed E-state index contributed by atoms with van der Waals surface area (Å²) < 4.78 is 5.99. The van der Waals surface area contributed by atoms with E-state index in [4.69, 9.17) is 15.4 Å². The Labute approximate surface area is 278 Å². The van der Waals surface area contributed by atoms with E-state index in [1.54, 1.807) is 4.63 Å². The highest BCUT2D eigenvalue weighted by Crippen LogP contribution is 2.43. The van der Waals surface area contributed by atoms with Crippen LogP contribution in [-0.2, 0) is 18.5 Å². The zero-order valence-electron chi connectivity index (χ0n) is 26.8. The van der Waals surface area contributed by atoms with Gasteiger partial charge in [0.05, 0.1) is 12.7 Å². The third-order valence-electron chi connectivity index (χ3n) is 9.13. The summed E-state index contributed by atoms with van der Waals surface area (Å²) in [5, 5.41) is 22.9. The number of hydrogen-bond donors (Lipinski definition) is 0. The molecule has 0 atom stereocenters. The van der Waals surface area contributed by atoms with Gasteiger partial charge in [-0.15, -0.1) is 14.8 Å². The fraction of sp³-hybridized carbons (Fsp3) is 0.125. The lowest BCUT2D eigenvalue weighted by Gasteiger charge is -2.36. The Morgan fingerprint density at radius 3 is 1.79 bits per heavy atom. The van der Waals surface area contributed by atoms with Gasteiger partial charge in [0.1, 0.15) is 11.4 Å². The molecule has 0 radical (unpaired) electrons. The van der Waals surface area contributed by atoms with E-state index in [9.17, 15) is 0 Å². The predicted molar refractivity (Wildman–Crippen MR) is 187 cm³/mol. The molecule has 5 aromatic carbocycles. The zero-order valence-corrected chi connectivity index (χ0v) is 26.8. The van der Waals surface area contributed by atoms with Gasteiger partial charge in [-0.2, -0.15) is 5.10 Å². The van der Waals surface area contributed by atoms with E-state index >= 15 is 0 Å². The lowest BCUT2D eigenvalue weighted by molar-refractivity contribution is 0.451. The van der Waals surface area contributed by atoms with Crippen molar-refractivity contribution in [3.8, 4) is 22.5 Å². The van der Waals surface area contributed by atoms with E-state index in [0.29, 0.717) is 12.4 Å². The van der Waals surface area contributed by atoms with Crippen LogP contribution >= 0.6 is 0 Å². The molecule has 8 rings (SSSR count). The van der Waals surface area contributed by atoms with Crippen molar-refractivity contribution in [2.24, 2.45) is 0 Å². The minimum Gasteiger partial charge on any atom is -0.307 e. The average Bonchev–Trinajstić information content (AvgIpc) is 3.88. The number of rotatable bonds is 9. The van der Waals surface area contributed by atoms with Crippen LogP contribution in [0.15, 0.2) is 146 Å². The third-order valence-corrected chi connectivity index (χ3v) is 9.13. The number of tetrazole rings is 1. The number of hydrogen-bond acceptors (Lipinski definition) is 5. The summed E-state index contributed by atoms with van der Waals surface area (Å²) >= 11 is 0. The molecule has 234 valence electrons. The molecule has 0 spiro atoms. The molecule has 0 saturated heterocycles. The number of fused-ring (bicyclic) bond motifs is 1. The smallest absolute Gasteiger partial charge is 0.184 e. The van der Waals surface area contributed by atoms with Gasteiger partial charge < -0.3 is 4.57 Å². The molecule has 8 nitrogen and oxygen atoms in total. The van der Waals surface area contributed by atoms with E-state index < -0.39 is 5.54 Å². The third kappa shape index (κ3) is 4.81. The Balaban J connectivity index is 1.26. The Hall–Kier alpha value is -6.15. The van der Waals surface area contributed by atoms with Gasteiger partial charge in [0, 0.05) is 17.5 Å². The summed E-state index contributed by atoms with van der Waals surface area (Å²) in [6.45, 7) is 4.92. The van der Waals surface area contributed by atoms with Crippen LogP contribution in [0.3, 0.4) is 0 Å². The molecule has 8 heteroatoms. The molecule has 0 amide bonds. The maximum Gasteiger partial charge on any atom is 0.184 e. The summed E-state index contributed by atoms with van der Waals surface area (Å²) in [4.78, 5) is 0. The van der Waals surface area contributed by atoms with Crippen molar-refractivity contribution >= 4 is 5.65 Å². The minimum absolute atomic E-state index is 0.677. The van der Waals surface area contributed by atoms with Gasteiger partial charge in [-0.05, 0) is 50.7 Å². The quantitative estimate of drug-likeness (QED) is 0.154. The van der Waals surface area contributed by atoms with Gasteiger partial charge in [0.2, 0.25) is 0 Å². The van der Waals surface area contributed by atoms with Crippen molar-refractivity contribution in [2.45, 2.75) is 32.4 Å². The Morgan fingerprint density at radius 1 is 0.646 bits per heavy atom. The molecule has 0 fully saturated rings. The first-order valence-electron chi connectivity index (χ1n) is 16.2. The lowest BCUT2D eigenvalue weighted by Crippen LogP contribution is -2.39. The summed E-state index contributed by atoms with van der Waals surface area (Å²) in [6, 6.07) is 48.6. The van der Waals surface area contributed by atoms with Crippen molar-refractivity contribution in [3.05, 3.63) is 179 Å². The first-order chi connectivity index (χ1) is 23.7. The second-order valence-electron chi connectivity index (χ2n) is 12.0. The SMILES string of the molecule is CCc1nn2ncc(C)c2n1Cc1ccc(-c2ccccc2-c2nnnn2C(c2ccccc2)(c2ccccc2)c2ccccc2)cc1. The molecule has 0 aliphatic rings. The molecule has 8 aromatic rings. The number of benzene rings is 5. The highest BCUT2D eigenvalue weighted by molar-refractivity contribution is 5.81. The molecule has 48 heavy (non-hydrogen) atoms. The lowest BCUT2D eigenvalue weighted by atomic mass is 9.77. The van der Waals surface area contributed by atoms with Crippen LogP contribution in [0.1, 0.15) is 40.6 Å². The van der Waals surface area contributed by atoms with Crippen molar-refractivity contribution in [2.75, 3.05) is 0 Å². The second-order valence-corrected chi connectivity index (χ2v) is 12.0. The Kier molecular flexibility index (Phi) is 7.45.